The van der Waals surface area contributed by atoms with E-state index in [9.17, 15) is 4.79 Å². The van der Waals surface area contributed by atoms with E-state index in [4.69, 9.17) is 9.47 Å². The van der Waals surface area contributed by atoms with Gasteiger partial charge in [0, 0.05) is 18.8 Å². The molecule has 0 saturated carbocycles. The average Bonchev–Trinajstić information content (AvgIpc) is 2.43. The third-order valence-electron chi connectivity index (χ3n) is 2.96. The van der Waals surface area contributed by atoms with Crippen molar-refractivity contribution >= 4 is 11.6 Å². The molecule has 0 bridgehead atoms. The molecule has 0 aromatic heterocycles. The molecule has 1 fully saturated rings. The predicted octanol–water partition coefficient (Wildman–Crippen LogP) is 1.32. The molecule has 1 amide bonds. The molecule has 2 N–H and O–H groups in total. The summed E-state index contributed by atoms with van der Waals surface area (Å²) in [4.78, 5) is 12.0. The van der Waals surface area contributed by atoms with Gasteiger partial charge in [-0.25, -0.2) is 0 Å². The number of aryl methyl sites for hydroxylation is 1. The SMILES string of the molecule is CCOc1ccc(NC(=O)C2CNCCO2)cc1C. The van der Waals surface area contributed by atoms with Crippen LogP contribution in [0.1, 0.15) is 12.5 Å². The molecule has 0 aliphatic carbocycles. The number of morpholine rings is 1. The molecule has 1 saturated heterocycles. The molecule has 1 aliphatic rings. The number of hydrogen-bond acceptors (Lipinski definition) is 4. The summed E-state index contributed by atoms with van der Waals surface area (Å²) in [5.41, 5.74) is 1.77. The minimum Gasteiger partial charge on any atom is -0.494 e. The van der Waals surface area contributed by atoms with Crippen LogP contribution in [0.5, 0.6) is 5.75 Å². The number of benzene rings is 1. The second kappa shape index (κ2) is 6.54. The van der Waals surface area contributed by atoms with Crippen molar-refractivity contribution in [2.24, 2.45) is 0 Å². The van der Waals surface area contributed by atoms with Crippen molar-refractivity contribution in [1.29, 1.82) is 0 Å². The molecule has 1 aromatic rings. The van der Waals surface area contributed by atoms with Gasteiger partial charge in [-0.1, -0.05) is 0 Å². The zero-order chi connectivity index (χ0) is 13.7. The fourth-order valence-corrected chi connectivity index (χ4v) is 2.00. The van der Waals surface area contributed by atoms with Gasteiger partial charge in [-0.05, 0) is 37.6 Å². The van der Waals surface area contributed by atoms with Gasteiger partial charge in [0.15, 0.2) is 0 Å². The quantitative estimate of drug-likeness (QED) is 0.861. The van der Waals surface area contributed by atoms with Gasteiger partial charge in [0.1, 0.15) is 11.9 Å². The van der Waals surface area contributed by atoms with E-state index in [1.165, 1.54) is 0 Å². The number of nitrogens with one attached hydrogen (secondary N) is 2. The number of ether oxygens (including phenoxy) is 2. The zero-order valence-electron chi connectivity index (χ0n) is 11.4. The Bertz CT molecular complexity index is 442. The Morgan fingerprint density at radius 3 is 3.05 bits per heavy atom. The number of amides is 1. The van der Waals surface area contributed by atoms with Gasteiger partial charge < -0.3 is 20.1 Å². The Morgan fingerprint density at radius 1 is 1.58 bits per heavy atom. The molecular formula is C14H20N2O3. The molecule has 1 atom stereocenters. The second-order valence-corrected chi connectivity index (χ2v) is 4.47. The van der Waals surface area contributed by atoms with Crippen molar-refractivity contribution in [3.05, 3.63) is 23.8 Å². The molecule has 1 unspecified atom stereocenters. The number of carbonyl (C=O) groups is 1. The van der Waals surface area contributed by atoms with E-state index in [1.807, 2.05) is 32.0 Å². The normalized spacial score (nSPS) is 18.9. The number of hydrogen-bond donors (Lipinski definition) is 2. The predicted molar refractivity (Wildman–Crippen MR) is 73.6 cm³/mol. The first kappa shape index (κ1) is 13.8. The summed E-state index contributed by atoms with van der Waals surface area (Å²) in [7, 11) is 0. The zero-order valence-corrected chi connectivity index (χ0v) is 11.4. The summed E-state index contributed by atoms with van der Waals surface area (Å²) in [6.45, 7) is 6.46. The monoisotopic (exact) mass is 264 g/mol. The lowest BCUT2D eigenvalue weighted by molar-refractivity contribution is -0.128. The van der Waals surface area contributed by atoms with Crippen molar-refractivity contribution in [1.82, 2.24) is 5.32 Å². The van der Waals surface area contributed by atoms with Gasteiger partial charge in [0.25, 0.3) is 5.91 Å². The Balaban J connectivity index is 1.98. The molecular weight excluding hydrogens is 244 g/mol. The topological polar surface area (TPSA) is 59.6 Å². The fourth-order valence-electron chi connectivity index (χ4n) is 2.00. The van der Waals surface area contributed by atoms with Crippen LogP contribution in [0, 0.1) is 6.92 Å². The highest BCUT2D eigenvalue weighted by Gasteiger charge is 2.21. The van der Waals surface area contributed by atoms with Crippen molar-refractivity contribution in [2.75, 3.05) is 31.6 Å². The second-order valence-electron chi connectivity index (χ2n) is 4.47. The Morgan fingerprint density at radius 2 is 2.42 bits per heavy atom. The summed E-state index contributed by atoms with van der Waals surface area (Å²) in [6, 6.07) is 5.61. The van der Waals surface area contributed by atoms with Crippen LogP contribution < -0.4 is 15.4 Å². The van der Waals surface area contributed by atoms with E-state index in [1.54, 1.807) is 0 Å². The number of anilines is 1. The maximum absolute atomic E-state index is 12.0. The molecule has 5 heteroatoms. The van der Waals surface area contributed by atoms with Crippen LogP contribution in [0.25, 0.3) is 0 Å². The van der Waals surface area contributed by atoms with E-state index >= 15 is 0 Å². The molecule has 1 heterocycles. The highest BCUT2D eigenvalue weighted by molar-refractivity contribution is 5.94. The maximum Gasteiger partial charge on any atom is 0.254 e. The molecule has 104 valence electrons. The lowest BCUT2D eigenvalue weighted by Gasteiger charge is -2.22. The largest absolute Gasteiger partial charge is 0.494 e. The van der Waals surface area contributed by atoms with Crippen LogP contribution in [0.15, 0.2) is 18.2 Å². The lowest BCUT2D eigenvalue weighted by atomic mass is 10.2. The van der Waals surface area contributed by atoms with E-state index in [2.05, 4.69) is 10.6 Å². The standard InChI is InChI=1S/C14H20N2O3/c1-3-18-12-5-4-11(8-10(12)2)16-14(17)13-9-15-6-7-19-13/h4-5,8,13,15H,3,6-7,9H2,1-2H3,(H,16,17). The van der Waals surface area contributed by atoms with E-state index in [0.29, 0.717) is 19.8 Å². The summed E-state index contributed by atoms with van der Waals surface area (Å²) in [5, 5.41) is 6.00. The molecule has 0 spiro atoms. The van der Waals surface area contributed by atoms with E-state index in [0.717, 1.165) is 23.5 Å². The molecule has 19 heavy (non-hydrogen) atoms. The van der Waals surface area contributed by atoms with Gasteiger partial charge in [-0.3, -0.25) is 4.79 Å². The molecule has 0 radical (unpaired) electrons. The Labute approximate surface area is 113 Å². The molecule has 2 rings (SSSR count). The van der Waals surface area contributed by atoms with Gasteiger partial charge in [0.2, 0.25) is 0 Å². The molecule has 5 nitrogen and oxygen atoms in total. The van der Waals surface area contributed by atoms with Crippen molar-refractivity contribution < 1.29 is 14.3 Å². The summed E-state index contributed by atoms with van der Waals surface area (Å²) >= 11 is 0. The maximum atomic E-state index is 12.0. The third-order valence-corrected chi connectivity index (χ3v) is 2.96. The van der Waals surface area contributed by atoms with Crippen molar-refractivity contribution in [3.8, 4) is 5.75 Å². The first-order valence-corrected chi connectivity index (χ1v) is 6.57. The fraction of sp³-hybridized carbons (Fsp3) is 0.500. The van der Waals surface area contributed by atoms with Gasteiger partial charge >= 0.3 is 0 Å². The van der Waals surface area contributed by atoms with Crippen LogP contribution in [0.4, 0.5) is 5.69 Å². The van der Waals surface area contributed by atoms with Crippen LogP contribution in [-0.4, -0.2) is 38.3 Å². The smallest absolute Gasteiger partial charge is 0.254 e. The Hall–Kier alpha value is -1.59. The van der Waals surface area contributed by atoms with Gasteiger partial charge in [-0.2, -0.15) is 0 Å². The minimum atomic E-state index is -0.416. The molecule has 1 aliphatic heterocycles. The van der Waals surface area contributed by atoms with Crippen LogP contribution >= 0.6 is 0 Å². The minimum absolute atomic E-state index is 0.115. The first-order chi connectivity index (χ1) is 9.20. The average molecular weight is 264 g/mol. The molecule has 1 aromatic carbocycles. The summed E-state index contributed by atoms with van der Waals surface area (Å²) in [6.07, 6.45) is -0.416. The number of rotatable bonds is 4. The lowest BCUT2D eigenvalue weighted by Crippen LogP contribution is -2.45. The van der Waals surface area contributed by atoms with Gasteiger partial charge in [0.05, 0.1) is 13.2 Å². The van der Waals surface area contributed by atoms with E-state index in [-0.39, 0.29) is 5.91 Å². The summed E-state index contributed by atoms with van der Waals surface area (Å²) in [5.74, 6) is 0.729. The van der Waals surface area contributed by atoms with E-state index < -0.39 is 6.10 Å². The number of carbonyl (C=O) groups excluding carboxylic acids is 1. The summed E-state index contributed by atoms with van der Waals surface area (Å²) < 4.78 is 10.9. The van der Waals surface area contributed by atoms with Crippen LogP contribution in [0.2, 0.25) is 0 Å². The third kappa shape index (κ3) is 3.68. The van der Waals surface area contributed by atoms with Crippen molar-refractivity contribution in [3.63, 3.8) is 0 Å². The highest BCUT2D eigenvalue weighted by atomic mass is 16.5. The highest BCUT2D eigenvalue weighted by Crippen LogP contribution is 2.22. The van der Waals surface area contributed by atoms with Crippen LogP contribution in [0.3, 0.4) is 0 Å². The van der Waals surface area contributed by atoms with Crippen molar-refractivity contribution in [2.45, 2.75) is 20.0 Å². The first-order valence-electron chi connectivity index (χ1n) is 6.57. The Kier molecular flexibility index (Phi) is 4.76. The van der Waals surface area contributed by atoms with Crippen LogP contribution in [-0.2, 0) is 9.53 Å². The van der Waals surface area contributed by atoms with Gasteiger partial charge in [-0.15, -0.1) is 0 Å².